The first-order chi connectivity index (χ1) is 13.5. The largest absolute Gasteiger partial charge is 0.481 e. The quantitative estimate of drug-likeness (QED) is 0.301. The lowest BCUT2D eigenvalue weighted by Crippen LogP contribution is -2.30. The molecule has 1 aliphatic heterocycles. The maximum atomic E-state index is 11.9. The van der Waals surface area contributed by atoms with Crippen molar-refractivity contribution in [3.05, 3.63) is 0 Å². The molecule has 1 rings (SSSR count). The van der Waals surface area contributed by atoms with Crippen LogP contribution in [0.4, 0.5) is 0 Å². The van der Waals surface area contributed by atoms with Crippen molar-refractivity contribution in [2.24, 2.45) is 11.7 Å². The highest BCUT2D eigenvalue weighted by Gasteiger charge is 2.30. The summed E-state index contributed by atoms with van der Waals surface area (Å²) in [5, 5.41) is 8.93. The van der Waals surface area contributed by atoms with Gasteiger partial charge in [0, 0.05) is 19.5 Å². The molecule has 1 fully saturated rings. The van der Waals surface area contributed by atoms with Gasteiger partial charge in [0.25, 0.3) is 0 Å². The topological polar surface area (TPSA) is 138 Å². The maximum Gasteiger partial charge on any atom is 0.308 e. The third kappa shape index (κ3) is 11.3. The average Bonchev–Trinajstić information content (AvgIpc) is 3.18. The number of amides is 1. The van der Waals surface area contributed by atoms with Crippen LogP contribution in [0, 0.1) is 5.92 Å². The van der Waals surface area contributed by atoms with Crippen molar-refractivity contribution >= 4 is 17.7 Å². The molecule has 3 N–H and O–H groups in total. The molecule has 0 spiro atoms. The lowest BCUT2D eigenvalue weighted by molar-refractivity contribution is -0.141. The van der Waals surface area contributed by atoms with Gasteiger partial charge in [0.15, 0.2) is 0 Å². The number of ether oxygens (including phenoxy) is 4. The summed E-state index contributed by atoms with van der Waals surface area (Å²) in [6.45, 7) is 3.96. The van der Waals surface area contributed by atoms with E-state index < -0.39 is 11.9 Å². The van der Waals surface area contributed by atoms with Crippen LogP contribution in [0.25, 0.3) is 0 Å². The van der Waals surface area contributed by atoms with Crippen LogP contribution in [-0.4, -0.2) is 100 Å². The number of hydrogen-bond acceptors (Lipinski definition) is 8. The highest BCUT2D eigenvalue weighted by Crippen LogP contribution is 2.16. The molecule has 1 heterocycles. The SMILES string of the molecule is NCC(=O)CCOCCOCCOCCOCCC(=O)N1CCC(C(=O)O)C1. The molecule has 1 amide bonds. The number of Topliss-reactive ketones (excluding diaryl/α,β-unsaturated/α-hetero) is 1. The number of rotatable bonds is 17. The highest BCUT2D eigenvalue weighted by atomic mass is 16.6. The van der Waals surface area contributed by atoms with Gasteiger partial charge in [-0.3, -0.25) is 14.4 Å². The molecule has 1 saturated heterocycles. The van der Waals surface area contributed by atoms with E-state index >= 15 is 0 Å². The van der Waals surface area contributed by atoms with E-state index in [9.17, 15) is 14.4 Å². The Balaban J connectivity index is 1.81. The van der Waals surface area contributed by atoms with Crippen LogP contribution in [-0.2, 0) is 33.3 Å². The summed E-state index contributed by atoms with van der Waals surface area (Å²) in [6, 6.07) is 0. The van der Waals surface area contributed by atoms with Gasteiger partial charge in [-0.1, -0.05) is 0 Å². The monoisotopic (exact) mass is 404 g/mol. The minimum atomic E-state index is -0.848. The van der Waals surface area contributed by atoms with Crippen molar-refractivity contribution in [3.63, 3.8) is 0 Å². The van der Waals surface area contributed by atoms with Gasteiger partial charge in [-0.25, -0.2) is 0 Å². The van der Waals surface area contributed by atoms with Crippen molar-refractivity contribution in [1.82, 2.24) is 4.90 Å². The summed E-state index contributed by atoms with van der Waals surface area (Å²) in [7, 11) is 0. The van der Waals surface area contributed by atoms with E-state index in [0.717, 1.165) is 0 Å². The van der Waals surface area contributed by atoms with Crippen LogP contribution in [0.5, 0.6) is 0 Å². The van der Waals surface area contributed by atoms with Crippen LogP contribution >= 0.6 is 0 Å². The second-order valence-corrected chi connectivity index (χ2v) is 6.36. The van der Waals surface area contributed by atoms with Crippen LogP contribution in [0.2, 0.25) is 0 Å². The van der Waals surface area contributed by atoms with Gasteiger partial charge in [0.1, 0.15) is 5.78 Å². The molecule has 0 aromatic rings. The first-order valence-electron chi connectivity index (χ1n) is 9.58. The molecule has 1 aliphatic rings. The fourth-order valence-corrected chi connectivity index (χ4v) is 2.56. The maximum absolute atomic E-state index is 11.9. The Hall–Kier alpha value is -1.59. The number of hydrogen-bond donors (Lipinski definition) is 2. The Bertz CT molecular complexity index is 475. The smallest absolute Gasteiger partial charge is 0.308 e. The lowest BCUT2D eigenvalue weighted by atomic mass is 10.1. The number of carbonyl (C=O) groups excluding carboxylic acids is 2. The third-order valence-corrected chi connectivity index (χ3v) is 4.22. The van der Waals surface area contributed by atoms with E-state index in [2.05, 4.69) is 0 Å². The van der Waals surface area contributed by atoms with Crippen molar-refractivity contribution in [2.75, 3.05) is 72.5 Å². The van der Waals surface area contributed by atoms with Crippen LogP contribution < -0.4 is 5.73 Å². The zero-order valence-electron chi connectivity index (χ0n) is 16.3. The van der Waals surface area contributed by atoms with Gasteiger partial charge in [-0.2, -0.15) is 0 Å². The molecule has 0 bridgehead atoms. The Morgan fingerprint density at radius 2 is 1.36 bits per heavy atom. The molecule has 0 aliphatic carbocycles. The van der Waals surface area contributed by atoms with E-state index in [4.69, 9.17) is 29.8 Å². The summed E-state index contributed by atoms with van der Waals surface area (Å²) in [6.07, 6.45) is 1.08. The van der Waals surface area contributed by atoms with E-state index in [-0.39, 0.29) is 37.8 Å². The second kappa shape index (κ2) is 15.3. The standard InChI is InChI=1S/C18H32N2O8/c19-13-16(21)2-5-25-7-9-27-11-12-28-10-8-26-6-3-17(22)20-4-1-15(14-20)18(23)24/h15H,1-14,19H2,(H,23,24). The first kappa shape index (κ1) is 24.4. The third-order valence-electron chi connectivity index (χ3n) is 4.22. The molecule has 0 aromatic heterocycles. The van der Waals surface area contributed by atoms with Gasteiger partial charge < -0.3 is 34.7 Å². The fourth-order valence-electron chi connectivity index (χ4n) is 2.56. The minimum Gasteiger partial charge on any atom is -0.481 e. The minimum absolute atomic E-state index is 0.0243. The van der Waals surface area contributed by atoms with E-state index in [1.54, 1.807) is 4.90 Å². The zero-order chi connectivity index (χ0) is 20.6. The van der Waals surface area contributed by atoms with Crippen molar-refractivity contribution in [3.8, 4) is 0 Å². The summed E-state index contributed by atoms with van der Waals surface area (Å²) >= 11 is 0. The first-order valence-corrected chi connectivity index (χ1v) is 9.58. The summed E-state index contributed by atoms with van der Waals surface area (Å²) in [4.78, 5) is 35.3. The predicted molar refractivity (Wildman–Crippen MR) is 98.9 cm³/mol. The van der Waals surface area contributed by atoms with Crippen LogP contribution in [0.1, 0.15) is 19.3 Å². The predicted octanol–water partition coefficient (Wildman–Crippen LogP) is -0.706. The molecular formula is C18H32N2O8. The van der Waals surface area contributed by atoms with Crippen molar-refractivity contribution in [2.45, 2.75) is 19.3 Å². The lowest BCUT2D eigenvalue weighted by Gasteiger charge is -2.15. The average molecular weight is 404 g/mol. The number of carbonyl (C=O) groups is 3. The summed E-state index contributed by atoms with van der Waals surface area (Å²) < 4.78 is 21.2. The van der Waals surface area contributed by atoms with Gasteiger partial charge in [-0.15, -0.1) is 0 Å². The Morgan fingerprint density at radius 3 is 1.82 bits per heavy atom. The molecule has 10 nitrogen and oxygen atoms in total. The van der Waals surface area contributed by atoms with Crippen molar-refractivity contribution < 1.29 is 38.4 Å². The number of carboxylic acids is 1. The van der Waals surface area contributed by atoms with E-state index in [0.29, 0.717) is 65.6 Å². The number of aliphatic carboxylic acids is 1. The number of nitrogens with two attached hydrogens (primary N) is 1. The number of likely N-dealkylation sites (tertiary alicyclic amines) is 1. The Morgan fingerprint density at radius 1 is 0.857 bits per heavy atom. The van der Waals surface area contributed by atoms with Gasteiger partial charge in [0.05, 0.1) is 71.7 Å². The second-order valence-electron chi connectivity index (χ2n) is 6.36. The Labute approximate surface area is 165 Å². The summed E-state index contributed by atoms with van der Waals surface area (Å²) in [5.74, 6) is -1.40. The van der Waals surface area contributed by atoms with Crippen LogP contribution in [0.15, 0.2) is 0 Å². The molecule has 0 saturated carbocycles. The van der Waals surface area contributed by atoms with Gasteiger partial charge in [0.2, 0.25) is 5.91 Å². The van der Waals surface area contributed by atoms with Crippen molar-refractivity contribution in [1.29, 1.82) is 0 Å². The molecular weight excluding hydrogens is 372 g/mol. The molecule has 28 heavy (non-hydrogen) atoms. The number of carboxylic acid groups (broad SMARTS) is 1. The number of nitrogens with zero attached hydrogens (tertiary/aromatic N) is 1. The van der Waals surface area contributed by atoms with E-state index in [1.807, 2.05) is 0 Å². The van der Waals surface area contributed by atoms with Gasteiger partial charge >= 0.3 is 5.97 Å². The number of ketones is 1. The van der Waals surface area contributed by atoms with Gasteiger partial charge in [-0.05, 0) is 6.42 Å². The molecule has 1 unspecified atom stereocenters. The van der Waals surface area contributed by atoms with Crippen LogP contribution in [0.3, 0.4) is 0 Å². The van der Waals surface area contributed by atoms with E-state index in [1.165, 1.54) is 0 Å². The molecule has 0 aromatic carbocycles. The fraction of sp³-hybridized carbons (Fsp3) is 0.833. The molecule has 1 atom stereocenters. The highest BCUT2D eigenvalue weighted by molar-refractivity contribution is 5.80. The normalized spacial score (nSPS) is 16.5. The Kier molecular flexibility index (Phi) is 13.4. The zero-order valence-corrected chi connectivity index (χ0v) is 16.3. The molecule has 0 radical (unpaired) electrons. The molecule has 10 heteroatoms. The summed E-state index contributed by atoms with van der Waals surface area (Å²) in [5.41, 5.74) is 5.18. The molecule has 162 valence electrons.